The third-order valence-corrected chi connectivity index (χ3v) is 3.28. The summed E-state index contributed by atoms with van der Waals surface area (Å²) >= 11 is 5.13. The quantitative estimate of drug-likeness (QED) is 0.746. The molecule has 0 radical (unpaired) electrons. The standard InChI is InChI=1S/C9H14BrNO2S/c10-8-5-9(14-7-8)6-11-1-3-13-4-2-12/h5,7,11-12H,1-4,6H2. The summed E-state index contributed by atoms with van der Waals surface area (Å²) in [5, 5.41) is 13.8. The molecule has 0 bridgehead atoms. The van der Waals surface area contributed by atoms with Crippen LogP contribution in [0.4, 0.5) is 0 Å². The molecule has 0 aliphatic carbocycles. The van der Waals surface area contributed by atoms with Gasteiger partial charge in [-0.05, 0) is 22.0 Å². The molecule has 3 nitrogen and oxygen atoms in total. The summed E-state index contributed by atoms with van der Waals surface area (Å²) in [6.45, 7) is 2.85. The average Bonchev–Trinajstić information content (AvgIpc) is 2.58. The maximum atomic E-state index is 8.45. The van der Waals surface area contributed by atoms with E-state index in [1.807, 2.05) is 0 Å². The first-order valence-electron chi connectivity index (χ1n) is 4.45. The second kappa shape index (κ2) is 7.36. The van der Waals surface area contributed by atoms with E-state index >= 15 is 0 Å². The summed E-state index contributed by atoms with van der Waals surface area (Å²) in [6, 6.07) is 2.10. The Morgan fingerprint density at radius 1 is 1.50 bits per heavy atom. The van der Waals surface area contributed by atoms with Crippen molar-refractivity contribution < 1.29 is 9.84 Å². The first-order chi connectivity index (χ1) is 6.83. The van der Waals surface area contributed by atoms with Crippen LogP contribution in [-0.2, 0) is 11.3 Å². The van der Waals surface area contributed by atoms with E-state index in [-0.39, 0.29) is 6.61 Å². The highest BCUT2D eigenvalue weighted by atomic mass is 79.9. The number of aliphatic hydroxyl groups is 1. The summed E-state index contributed by atoms with van der Waals surface area (Å²) in [6.07, 6.45) is 0. The van der Waals surface area contributed by atoms with E-state index in [4.69, 9.17) is 9.84 Å². The topological polar surface area (TPSA) is 41.5 Å². The van der Waals surface area contributed by atoms with Crippen LogP contribution in [0, 0.1) is 0 Å². The second-order valence-electron chi connectivity index (χ2n) is 2.74. The Labute approximate surface area is 96.2 Å². The Morgan fingerprint density at radius 3 is 3.00 bits per heavy atom. The molecule has 2 N–H and O–H groups in total. The summed E-state index contributed by atoms with van der Waals surface area (Å²) in [4.78, 5) is 1.30. The number of nitrogens with one attached hydrogen (secondary N) is 1. The van der Waals surface area contributed by atoms with Crippen molar-refractivity contribution in [1.29, 1.82) is 0 Å². The predicted octanol–water partition coefficient (Wildman–Crippen LogP) is 1.61. The Bertz CT molecular complexity index is 255. The Balaban J connectivity index is 1.99. The van der Waals surface area contributed by atoms with E-state index in [2.05, 4.69) is 32.7 Å². The molecule has 0 atom stereocenters. The van der Waals surface area contributed by atoms with Gasteiger partial charge in [-0.3, -0.25) is 0 Å². The van der Waals surface area contributed by atoms with Gasteiger partial charge in [0.2, 0.25) is 0 Å². The molecule has 0 spiro atoms. The molecular weight excluding hydrogens is 266 g/mol. The van der Waals surface area contributed by atoms with Crippen LogP contribution >= 0.6 is 27.3 Å². The number of halogens is 1. The van der Waals surface area contributed by atoms with Crippen LogP contribution in [0.3, 0.4) is 0 Å². The zero-order valence-corrected chi connectivity index (χ0v) is 10.2. The van der Waals surface area contributed by atoms with E-state index in [1.165, 1.54) is 4.88 Å². The summed E-state index contributed by atoms with van der Waals surface area (Å²) in [7, 11) is 0. The largest absolute Gasteiger partial charge is 0.394 e. The van der Waals surface area contributed by atoms with Gasteiger partial charge in [-0.1, -0.05) is 0 Å². The molecule has 1 heterocycles. The van der Waals surface area contributed by atoms with Gasteiger partial charge in [0.25, 0.3) is 0 Å². The molecular formula is C9H14BrNO2S. The van der Waals surface area contributed by atoms with Crippen molar-refractivity contribution in [2.24, 2.45) is 0 Å². The summed E-state index contributed by atoms with van der Waals surface area (Å²) < 4.78 is 6.24. The molecule has 1 rings (SSSR count). The molecule has 0 unspecified atom stereocenters. The van der Waals surface area contributed by atoms with E-state index in [9.17, 15) is 0 Å². The number of aliphatic hydroxyl groups excluding tert-OH is 1. The van der Waals surface area contributed by atoms with Gasteiger partial charge in [0.15, 0.2) is 0 Å². The van der Waals surface area contributed by atoms with Gasteiger partial charge in [-0.25, -0.2) is 0 Å². The van der Waals surface area contributed by atoms with E-state index in [1.54, 1.807) is 11.3 Å². The second-order valence-corrected chi connectivity index (χ2v) is 4.66. The molecule has 0 fully saturated rings. The molecule has 1 aromatic heterocycles. The SMILES string of the molecule is OCCOCCNCc1cc(Br)cs1. The number of hydrogen-bond donors (Lipinski definition) is 2. The lowest BCUT2D eigenvalue weighted by Gasteiger charge is -2.03. The van der Waals surface area contributed by atoms with Crippen molar-refractivity contribution in [1.82, 2.24) is 5.32 Å². The Hall–Kier alpha value is 0.0600. The maximum absolute atomic E-state index is 8.45. The average molecular weight is 280 g/mol. The lowest BCUT2D eigenvalue weighted by molar-refractivity contribution is 0.0938. The number of ether oxygens (including phenoxy) is 1. The predicted molar refractivity (Wildman–Crippen MR) is 61.6 cm³/mol. The molecule has 80 valence electrons. The molecule has 0 aromatic carbocycles. The van der Waals surface area contributed by atoms with E-state index < -0.39 is 0 Å². The first-order valence-corrected chi connectivity index (χ1v) is 6.12. The third-order valence-electron chi connectivity index (χ3n) is 1.58. The van der Waals surface area contributed by atoms with Crippen LogP contribution in [0.2, 0.25) is 0 Å². The number of hydrogen-bond acceptors (Lipinski definition) is 4. The van der Waals surface area contributed by atoms with Gasteiger partial charge in [-0.2, -0.15) is 0 Å². The normalized spacial score (nSPS) is 10.7. The van der Waals surface area contributed by atoms with Gasteiger partial charge < -0.3 is 15.2 Å². The van der Waals surface area contributed by atoms with Crippen LogP contribution < -0.4 is 5.32 Å². The van der Waals surface area contributed by atoms with Crippen molar-refractivity contribution >= 4 is 27.3 Å². The third kappa shape index (κ3) is 5.07. The fourth-order valence-electron chi connectivity index (χ4n) is 0.969. The minimum atomic E-state index is 0.0951. The zero-order valence-electron chi connectivity index (χ0n) is 7.83. The minimum absolute atomic E-state index is 0.0951. The van der Waals surface area contributed by atoms with Crippen molar-refractivity contribution in [2.45, 2.75) is 6.54 Å². The van der Waals surface area contributed by atoms with Crippen molar-refractivity contribution in [3.05, 3.63) is 20.8 Å². The molecule has 5 heteroatoms. The van der Waals surface area contributed by atoms with Crippen molar-refractivity contribution in [3.8, 4) is 0 Å². The lowest BCUT2D eigenvalue weighted by atomic mass is 10.4. The molecule has 1 aromatic rings. The van der Waals surface area contributed by atoms with Crippen LogP contribution in [0.5, 0.6) is 0 Å². The van der Waals surface area contributed by atoms with Crippen molar-refractivity contribution in [2.75, 3.05) is 26.4 Å². The first kappa shape index (κ1) is 12.1. The van der Waals surface area contributed by atoms with E-state index in [0.29, 0.717) is 13.2 Å². The fourth-order valence-corrected chi connectivity index (χ4v) is 2.39. The highest BCUT2D eigenvalue weighted by Gasteiger charge is 1.96. The molecule has 0 amide bonds. The monoisotopic (exact) mass is 279 g/mol. The molecule has 14 heavy (non-hydrogen) atoms. The highest BCUT2D eigenvalue weighted by Crippen LogP contribution is 2.19. The maximum Gasteiger partial charge on any atom is 0.0698 e. The van der Waals surface area contributed by atoms with Gasteiger partial charge in [-0.15, -0.1) is 11.3 Å². The zero-order chi connectivity index (χ0) is 10.2. The molecule has 0 saturated heterocycles. The van der Waals surface area contributed by atoms with Crippen molar-refractivity contribution in [3.63, 3.8) is 0 Å². The van der Waals surface area contributed by atoms with Gasteiger partial charge in [0.1, 0.15) is 0 Å². The van der Waals surface area contributed by atoms with Gasteiger partial charge >= 0.3 is 0 Å². The summed E-state index contributed by atoms with van der Waals surface area (Å²) in [5.41, 5.74) is 0. The van der Waals surface area contributed by atoms with Gasteiger partial charge in [0.05, 0.1) is 19.8 Å². The smallest absolute Gasteiger partial charge is 0.0698 e. The number of thiophene rings is 1. The van der Waals surface area contributed by atoms with Crippen LogP contribution in [-0.4, -0.2) is 31.5 Å². The Morgan fingerprint density at radius 2 is 2.36 bits per heavy atom. The Kier molecular flexibility index (Phi) is 6.38. The lowest BCUT2D eigenvalue weighted by Crippen LogP contribution is -2.19. The molecule has 0 aliphatic heterocycles. The van der Waals surface area contributed by atoms with E-state index in [0.717, 1.165) is 17.6 Å². The minimum Gasteiger partial charge on any atom is -0.394 e. The summed E-state index contributed by atoms with van der Waals surface area (Å²) in [5.74, 6) is 0. The van der Waals surface area contributed by atoms with Crippen LogP contribution in [0.15, 0.2) is 15.9 Å². The molecule has 0 aliphatic rings. The van der Waals surface area contributed by atoms with Crippen LogP contribution in [0.1, 0.15) is 4.88 Å². The van der Waals surface area contributed by atoms with Crippen LogP contribution in [0.25, 0.3) is 0 Å². The molecule has 0 saturated carbocycles. The fraction of sp³-hybridized carbons (Fsp3) is 0.556. The number of rotatable bonds is 7. The highest BCUT2D eigenvalue weighted by molar-refractivity contribution is 9.10. The van der Waals surface area contributed by atoms with Gasteiger partial charge in [0, 0.05) is 27.8 Å².